The summed E-state index contributed by atoms with van der Waals surface area (Å²) in [5, 5.41) is 29.6. The van der Waals surface area contributed by atoms with Gasteiger partial charge in [-0.05, 0) is 68.4 Å². The summed E-state index contributed by atoms with van der Waals surface area (Å²) in [5.41, 5.74) is 1.52. The van der Waals surface area contributed by atoms with E-state index < -0.39 is 11.6 Å². The van der Waals surface area contributed by atoms with Crippen molar-refractivity contribution in [3.8, 4) is 0 Å². The van der Waals surface area contributed by atoms with Crippen molar-refractivity contribution >= 4 is 5.97 Å². The molecular formula is C22H30O4. The monoisotopic (exact) mass is 358 g/mol. The maximum absolute atomic E-state index is 10.5. The van der Waals surface area contributed by atoms with Crippen molar-refractivity contribution in [3.63, 3.8) is 0 Å². The van der Waals surface area contributed by atoms with Gasteiger partial charge in [0.05, 0.1) is 11.7 Å². The van der Waals surface area contributed by atoms with Gasteiger partial charge in [0.2, 0.25) is 0 Å². The topological polar surface area (TPSA) is 77.8 Å². The van der Waals surface area contributed by atoms with Gasteiger partial charge < -0.3 is 15.3 Å². The number of carboxylic acid groups (broad SMARTS) is 1. The van der Waals surface area contributed by atoms with E-state index in [4.69, 9.17) is 5.11 Å². The molecule has 4 nitrogen and oxygen atoms in total. The number of hydrogen-bond acceptors (Lipinski definition) is 3. The molecule has 0 saturated heterocycles. The van der Waals surface area contributed by atoms with E-state index in [-0.39, 0.29) is 18.4 Å². The lowest BCUT2D eigenvalue weighted by Crippen LogP contribution is -2.33. The van der Waals surface area contributed by atoms with Crippen molar-refractivity contribution < 1.29 is 20.1 Å². The molecule has 0 aromatic heterocycles. The van der Waals surface area contributed by atoms with Gasteiger partial charge in [0.25, 0.3) is 0 Å². The number of rotatable bonds is 8. The number of carboxylic acids is 1. The van der Waals surface area contributed by atoms with Crippen LogP contribution in [-0.2, 0) is 10.4 Å². The zero-order valence-electron chi connectivity index (χ0n) is 15.3. The molecule has 0 amide bonds. The Labute approximate surface area is 155 Å². The first-order valence-corrected chi connectivity index (χ1v) is 9.87. The SMILES string of the molecule is O=C(O)CCCC=CC[C@H]1CC[C@@H](O)[C@@H]1c1ccc(C2(O)CCC2)cc1. The molecule has 2 aliphatic rings. The van der Waals surface area contributed by atoms with E-state index >= 15 is 0 Å². The third-order valence-electron chi connectivity index (χ3n) is 6.14. The van der Waals surface area contributed by atoms with Crippen molar-refractivity contribution in [3.05, 3.63) is 47.5 Å². The number of aliphatic hydroxyl groups excluding tert-OH is 1. The molecule has 1 aromatic rings. The second-order valence-corrected chi connectivity index (χ2v) is 7.93. The van der Waals surface area contributed by atoms with Crippen LogP contribution in [0.1, 0.15) is 74.8 Å². The molecule has 0 bridgehead atoms. The third-order valence-corrected chi connectivity index (χ3v) is 6.14. The Morgan fingerprint density at radius 1 is 1.15 bits per heavy atom. The number of hydrogen-bond donors (Lipinski definition) is 3. The zero-order chi connectivity index (χ0) is 18.6. The van der Waals surface area contributed by atoms with E-state index in [1.54, 1.807) is 0 Å². The van der Waals surface area contributed by atoms with Gasteiger partial charge >= 0.3 is 5.97 Å². The lowest BCUT2D eigenvalue weighted by Gasteiger charge is -2.37. The van der Waals surface area contributed by atoms with E-state index in [2.05, 4.69) is 24.3 Å². The Morgan fingerprint density at radius 3 is 2.50 bits per heavy atom. The first kappa shape index (κ1) is 19.1. The highest BCUT2D eigenvalue weighted by atomic mass is 16.4. The molecule has 2 saturated carbocycles. The summed E-state index contributed by atoms with van der Waals surface area (Å²) >= 11 is 0. The van der Waals surface area contributed by atoms with Crippen molar-refractivity contribution in [2.45, 2.75) is 75.4 Å². The molecule has 0 spiro atoms. The quantitative estimate of drug-likeness (QED) is 0.483. The number of carbonyl (C=O) groups is 1. The first-order chi connectivity index (χ1) is 12.5. The lowest BCUT2D eigenvalue weighted by atomic mass is 9.74. The van der Waals surface area contributed by atoms with Crippen LogP contribution in [0.2, 0.25) is 0 Å². The minimum atomic E-state index is -0.743. The molecule has 3 N–H and O–H groups in total. The Morgan fingerprint density at radius 2 is 1.88 bits per heavy atom. The fourth-order valence-corrected chi connectivity index (χ4v) is 4.39. The average molecular weight is 358 g/mol. The fraction of sp³-hybridized carbons (Fsp3) is 0.591. The van der Waals surface area contributed by atoms with Crippen molar-refractivity contribution in [1.82, 2.24) is 0 Å². The summed E-state index contributed by atoms with van der Waals surface area (Å²) in [7, 11) is 0. The molecule has 0 aliphatic heterocycles. The molecule has 3 rings (SSSR count). The van der Waals surface area contributed by atoms with Crippen LogP contribution in [0.25, 0.3) is 0 Å². The Hall–Kier alpha value is -1.65. The first-order valence-electron chi connectivity index (χ1n) is 9.87. The maximum atomic E-state index is 10.5. The summed E-state index contributed by atoms with van der Waals surface area (Å²) in [4.78, 5) is 10.5. The summed E-state index contributed by atoms with van der Waals surface area (Å²) in [6.45, 7) is 0. The van der Waals surface area contributed by atoms with E-state index in [9.17, 15) is 15.0 Å². The van der Waals surface area contributed by atoms with Crippen molar-refractivity contribution in [2.75, 3.05) is 0 Å². The Bertz CT molecular complexity index is 630. The van der Waals surface area contributed by atoms with E-state index in [1.165, 1.54) is 0 Å². The van der Waals surface area contributed by atoms with Crippen LogP contribution in [0.15, 0.2) is 36.4 Å². The highest BCUT2D eigenvalue weighted by molar-refractivity contribution is 5.66. The molecule has 26 heavy (non-hydrogen) atoms. The minimum Gasteiger partial charge on any atom is -0.481 e. The van der Waals surface area contributed by atoms with Crippen molar-refractivity contribution in [2.24, 2.45) is 5.92 Å². The molecule has 2 fully saturated rings. The highest BCUT2D eigenvalue weighted by Crippen LogP contribution is 2.44. The van der Waals surface area contributed by atoms with Crippen LogP contribution in [0.4, 0.5) is 0 Å². The third kappa shape index (κ3) is 4.36. The van der Waals surface area contributed by atoms with E-state index in [1.807, 2.05) is 12.1 Å². The van der Waals surface area contributed by atoms with Crippen molar-refractivity contribution in [1.29, 1.82) is 0 Å². The number of aliphatic hydroxyl groups is 2. The molecule has 0 unspecified atom stereocenters. The number of unbranched alkanes of at least 4 members (excludes halogenated alkanes) is 1. The summed E-state index contributed by atoms with van der Waals surface area (Å²) in [6, 6.07) is 8.21. The maximum Gasteiger partial charge on any atom is 0.303 e. The molecule has 0 heterocycles. The van der Waals surface area contributed by atoms with Crippen LogP contribution < -0.4 is 0 Å². The number of allylic oxidation sites excluding steroid dienone is 2. The molecular weight excluding hydrogens is 328 g/mol. The molecule has 142 valence electrons. The fourth-order valence-electron chi connectivity index (χ4n) is 4.39. The number of aliphatic carboxylic acids is 1. The van der Waals surface area contributed by atoms with Gasteiger partial charge in [-0.2, -0.15) is 0 Å². The minimum absolute atomic E-state index is 0.142. The Kier molecular flexibility index (Phi) is 6.15. The average Bonchev–Trinajstić information content (AvgIpc) is 2.96. The van der Waals surface area contributed by atoms with E-state index in [0.29, 0.717) is 12.3 Å². The molecule has 1 aromatic carbocycles. The molecule has 0 radical (unpaired) electrons. The van der Waals surface area contributed by atoms with Gasteiger partial charge in [0.15, 0.2) is 0 Å². The predicted octanol–water partition coefficient (Wildman–Crippen LogP) is 4.11. The smallest absolute Gasteiger partial charge is 0.303 e. The summed E-state index contributed by atoms with van der Waals surface area (Å²) in [6.07, 6.45) is 11.1. The van der Waals surface area contributed by atoms with Gasteiger partial charge in [-0.3, -0.25) is 4.79 Å². The van der Waals surface area contributed by atoms with Crippen LogP contribution in [0, 0.1) is 5.92 Å². The van der Waals surface area contributed by atoms with Gasteiger partial charge in [-0.25, -0.2) is 0 Å². The second-order valence-electron chi connectivity index (χ2n) is 7.93. The standard InChI is InChI=1S/C22H30O4/c23-19-13-10-16(6-3-1-2-4-7-20(24)25)21(19)17-8-11-18(12-9-17)22(26)14-5-15-22/h1,3,8-9,11-12,16,19,21,23,26H,2,4-7,10,13-15H2,(H,24,25)/t16-,19+,21-/m0/s1. The van der Waals surface area contributed by atoms with Gasteiger partial charge in [-0.1, -0.05) is 36.4 Å². The molecule has 2 aliphatic carbocycles. The zero-order valence-corrected chi connectivity index (χ0v) is 15.3. The van der Waals surface area contributed by atoms with Gasteiger partial charge in [0, 0.05) is 12.3 Å². The second kappa shape index (κ2) is 8.36. The van der Waals surface area contributed by atoms with Crippen LogP contribution in [0.3, 0.4) is 0 Å². The predicted molar refractivity (Wildman–Crippen MR) is 101 cm³/mol. The van der Waals surface area contributed by atoms with Crippen LogP contribution in [-0.4, -0.2) is 27.4 Å². The molecule has 4 heteroatoms. The Balaban J connectivity index is 1.58. The van der Waals surface area contributed by atoms with E-state index in [0.717, 1.165) is 56.1 Å². The lowest BCUT2D eigenvalue weighted by molar-refractivity contribution is -0.137. The molecule has 3 atom stereocenters. The normalized spacial score (nSPS) is 27.5. The van der Waals surface area contributed by atoms with Gasteiger partial charge in [0.1, 0.15) is 0 Å². The largest absolute Gasteiger partial charge is 0.481 e. The van der Waals surface area contributed by atoms with Crippen LogP contribution >= 0.6 is 0 Å². The highest BCUT2D eigenvalue weighted by Gasteiger charge is 2.38. The number of benzene rings is 1. The van der Waals surface area contributed by atoms with Gasteiger partial charge in [-0.15, -0.1) is 0 Å². The summed E-state index contributed by atoms with van der Waals surface area (Å²) in [5.74, 6) is -0.186. The van der Waals surface area contributed by atoms with Crippen LogP contribution in [0.5, 0.6) is 0 Å². The summed E-state index contributed by atoms with van der Waals surface area (Å²) < 4.78 is 0.